The predicted molar refractivity (Wildman–Crippen MR) is 91.1 cm³/mol. The highest BCUT2D eigenvalue weighted by molar-refractivity contribution is 7.99. The molecule has 25 heavy (non-hydrogen) atoms. The molecule has 0 radical (unpaired) electrons. The number of halogens is 3. The van der Waals surface area contributed by atoms with Crippen molar-refractivity contribution >= 4 is 17.7 Å². The molecular formula is C18H23F3N2OS. The van der Waals surface area contributed by atoms with Crippen LogP contribution >= 0.6 is 11.8 Å². The van der Waals surface area contributed by atoms with Gasteiger partial charge in [0, 0.05) is 12.2 Å². The van der Waals surface area contributed by atoms with Crippen molar-refractivity contribution in [1.82, 2.24) is 10.3 Å². The van der Waals surface area contributed by atoms with Crippen molar-refractivity contribution in [3.05, 3.63) is 23.9 Å². The Kier molecular flexibility index (Phi) is 4.58. The molecule has 3 nitrogen and oxygen atoms in total. The van der Waals surface area contributed by atoms with Crippen LogP contribution in [0, 0.1) is 16.7 Å². The van der Waals surface area contributed by atoms with Crippen molar-refractivity contribution in [2.75, 3.05) is 5.75 Å². The Morgan fingerprint density at radius 2 is 2.08 bits per heavy atom. The lowest BCUT2D eigenvalue weighted by Crippen LogP contribution is -2.47. The summed E-state index contributed by atoms with van der Waals surface area (Å²) in [6.45, 7) is 6.84. The smallest absolute Gasteiger partial charge is 0.352 e. The molecule has 3 atom stereocenters. The molecule has 0 unspecified atom stereocenters. The van der Waals surface area contributed by atoms with Crippen LogP contribution in [0.25, 0.3) is 0 Å². The van der Waals surface area contributed by atoms with Crippen LogP contribution in [-0.2, 0) is 11.0 Å². The van der Waals surface area contributed by atoms with E-state index in [2.05, 4.69) is 31.1 Å². The average molecular weight is 372 g/mol. The minimum absolute atomic E-state index is 0.0822. The molecule has 2 fully saturated rings. The van der Waals surface area contributed by atoms with Crippen LogP contribution in [0.4, 0.5) is 13.2 Å². The zero-order chi connectivity index (χ0) is 18.5. The molecule has 1 N–H and O–H groups in total. The second kappa shape index (κ2) is 6.18. The van der Waals surface area contributed by atoms with Crippen LogP contribution in [0.15, 0.2) is 23.4 Å². The topological polar surface area (TPSA) is 42.0 Å². The standard InChI is InChI=1S/C18H23F3N2OS/c1-16(2)11-6-7-17(16,3)13(8-11)23-14(24)10-25-15-5-4-12(9-22-15)18(19,20)21/h4-5,9,11,13H,6-8,10H2,1-3H3,(H,23,24)/t11-,13-,17-/m0/s1. The summed E-state index contributed by atoms with van der Waals surface area (Å²) < 4.78 is 37.6. The number of aromatic nitrogens is 1. The number of fused-ring (bicyclic) bond motifs is 2. The molecule has 1 amide bonds. The second-order valence-electron chi connectivity index (χ2n) is 7.90. The number of rotatable bonds is 4. The lowest BCUT2D eigenvalue weighted by Gasteiger charge is -2.39. The molecule has 0 aromatic carbocycles. The fraction of sp³-hybridized carbons (Fsp3) is 0.667. The number of alkyl halides is 3. The number of pyridine rings is 1. The average Bonchev–Trinajstić information content (AvgIpc) is 2.86. The molecule has 1 aromatic heterocycles. The van der Waals surface area contributed by atoms with Crippen LogP contribution in [0.5, 0.6) is 0 Å². The summed E-state index contributed by atoms with van der Waals surface area (Å²) in [6.07, 6.45) is -0.223. The van der Waals surface area contributed by atoms with Crippen molar-refractivity contribution in [2.24, 2.45) is 16.7 Å². The monoisotopic (exact) mass is 372 g/mol. The quantitative estimate of drug-likeness (QED) is 0.790. The van der Waals surface area contributed by atoms with E-state index < -0.39 is 11.7 Å². The predicted octanol–water partition coefficient (Wildman–Crippen LogP) is 4.52. The zero-order valence-corrected chi connectivity index (χ0v) is 15.4. The summed E-state index contributed by atoms with van der Waals surface area (Å²) in [4.78, 5) is 16.1. The van der Waals surface area contributed by atoms with Gasteiger partial charge in [-0.1, -0.05) is 32.5 Å². The maximum absolute atomic E-state index is 12.5. The first-order valence-corrected chi connectivity index (χ1v) is 9.48. The Labute approximate surface area is 150 Å². The number of nitrogens with zero attached hydrogens (tertiary/aromatic N) is 1. The second-order valence-corrected chi connectivity index (χ2v) is 8.90. The number of hydrogen-bond donors (Lipinski definition) is 1. The summed E-state index contributed by atoms with van der Waals surface area (Å²) >= 11 is 1.16. The summed E-state index contributed by atoms with van der Waals surface area (Å²) in [5, 5.41) is 3.56. The fourth-order valence-corrected chi connectivity index (χ4v) is 5.08. The Bertz CT molecular complexity index is 659. The van der Waals surface area contributed by atoms with Crippen molar-refractivity contribution in [3.63, 3.8) is 0 Å². The zero-order valence-electron chi connectivity index (χ0n) is 14.6. The van der Waals surface area contributed by atoms with E-state index in [4.69, 9.17) is 0 Å². The van der Waals surface area contributed by atoms with Gasteiger partial charge in [-0.3, -0.25) is 4.79 Å². The molecule has 1 aromatic rings. The fourth-order valence-electron chi connectivity index (χ4n) is 4.43. The number of hydrogen-bond acceptors (Lipinski definition) is 3. The van der Waals surface area contributed by atoms with E-state index in [0.29, 0.717) is 10.9 Å². The molecule has 0 aliphatic heterocycles. The largest absolute Gasteiger partial charge is 0.417 e. The van der Waals surface area contributed by atoms with Gasteiger partial charge in [0.25, 0.3) is 0 Å². The van der Waals surface area contributed by atoms with Crippen LogP contribution in [0.1, 0.15) is 45.6 Å². The van der Waals surface area contributed by atoms with Crippen molar-refractivity contribution in [3.8, 4) is 0 Å². The van der Waals surface area contributed by atoms with Gasteiger partial charge in [0.2, 0.25) is 5.91 Å². The third kappa shape index (κ3) is 3.27. The van der Waals surface area contributed by atoms with Gasteiger partial charge in [0.1, 0.15) is 0 Å². The van der Waals surface area contributed by atoms with Gasteiger partial charge in [0.05, 0.1) is 16.3 Å². The van der Waals surface area contributed by atoms with Gasteiger partial charge in [-0.05, 0) is 48.1 Å². The van der Waals surface area contributed by atoms with E-state index >= 15 is 0 Å². The van der Waals surface area contributed by atoms with E-state index in [-0.39, 0.29) is 28.5 Å². The number of amides is 1. The summed E-state index contributed by atoms with van der Waals surface area (Å²) in [5.41, 5.74) is -0.434. The van der Waals surface area contributed by atoms with Gasteiger partial charge < -0.3 is 5.32 Å². The van der Waals surface area contributed by atoms with Gasteiger partial charge in [-0.15, -0.1) is 0 Å². The minimum atomic E-state index is -4.39. The summed E-state index contributed by atoms with van der Waals surface area (Å²) in [5.74, 6) is 0.726. The molecule has 0 spiro atoms. The van der Waals surface area contributed by atoms with Crippen LogP contribution in [0.3, 0.4) is 0 Å². The number of nitrogens with one attached hydrogen (secondary N) is 1. The first kappa shape index (κ1) is 18.5. The summed E-state index contributed by atoms with van der Waals surface area (Å²) in [6, 6.07) is 2.48. The molecule has 1 heterocycles. The third-order valence-electron chi connectivity index (χ3n) is 6.54. The van der Waals surface area contributed by atoms with Crippen molar-refractivity contribution in [1.29, 1.82) is 0 Å². The summed E-state index contributed by atoms with van der Waals surface area (Å²) in [7, 11) is 0. The normalized spacial score (nSPS) is 30.5. The van der Waals surface area contributed by atoms with Crippen molar-refractivity contribution < 1.29 is 18.0 Å². The lowest BCUT2D eigenvalue weighted by molar-refractivity contribution is -0.137. The van der Waals surface area contributed by atoms with E-state index in [1.807, 2.05) is 0 Å². The van der Waals surface area contributed by atoms with Gasteiger partial charge >= 0.3 is 6.18 Å². The number of carbonyl (C=O) groups excluding carboxylic acids is 1. The first-order chi connectivity index (χ1) is 11.5. The Morgan fingerprint density at radius 3 is 2.56 bits per heavy atom. The van der Waals surface area contributed by atoms with Gasteiger partial charge in [-0.25, -0.2) is 4.98 Å². The number of thioether (sulfide) groups is 1. The van der Waals surface area contributed by atoms with Gasteiger partial charge in [0.15, 0.2) is 0 Å². The highest BCUT2D eigenvalue weighted by Gasteiger charge is 2.61. The SMILES string of the molecule is CC1(C)[C@H]2CC[C@@]1(C)[C@@H](NC(=O)CSc1ccc(C(F)(F)F)cn1)C2. The molecule has 3 rings (SSSR count). The van der Waals surface area contributed by atoms with Crippen molar-refractivity contribution in [2.45, 2.75) is 57.3 Å². The van der Waals surface area contributed by atoms with Gasteiger partial charge in [-0.2, -0.15) is 13.2 Å². The molecule has 2 saturated carbocycles. The minimum Gasteiger partial charge on any atom is -0.352 e. The van der Waals surface area contributed by atoms with E-state index in [1.54, 1.807) is 0 Å². The Hall–Kier alpha value is -1.24. The highest BCUT2D eigenvalue weighted by atomic mass is 32.2. The molecule has 2 bridgehead atoms. The Balaban J connectivity index is 1.54. The van der Waals surface area contributed by atoms with E-state index in [0.717, 1.165) is 36.9 Å². The van der Waals surface area contributed by atoms with Crippen LogP contribution in [-0.4, -0.2) is 22.7 Å². The number of carbonyl (C=O) groups is 1. The molecule has 0 saturated heterocycles. The van der Waals surface area contributed by atoms with Crippen LogP contribution < -0.4 is 5.32 Å². The lowest BCUT2D eigenvalue weighted by atomic mass is 9.69. The van der Waals surface area contributed by atoms with E-state index in [9.17, 15) is 18.0 Å². The molecule has 7 heteroatoms. The van der Waals surface area contributed by atoms with E-state index in [1.165, 1.54) is 12.5 Å². The first-order valence-electron chi connectivity index (χ1n) is 8.49. The Morgan fingerprint density at radius 1 is 1.36 bits per heavy atom. The highest BCUT2D eigenvalue weighted by Crippen LogP contribution is 2.65. The van der Waals surface area contributed by atoms with Crippen LogP contribution in [0.2, 0.25) is 0 Å². The molecule has 2 aliphatic carbocycles. The molecule has 2 aliphatic rings. The molecule has 138 valence electrons. The maximum atomic E-state index is 12.5. The molecular weight excluding hydrogens is 349 g/mol. The maximum Gasteiger partial charge on any atom is 0.417 e. The third-order valence-corrected chi connectivity index (χ3v) is 7.49.